The van der Waals surface area contributed by atoms with Crippen molar-refractivity contribution in [3.05, 3.63) is 34.6 Å². The highest BCUT2D eigenvalue weighted by molar-refractivity contribution is 6.33. The Balaban J connectivity index is 2.17. The van der Waals surface area contributed by atoms with Crippen molar-refractivity contribution in [3.63, 3.8) is 0 Å². The second kappa shape index (κ2) is 5.07. The summed E-state index contributed by atoms with van der Waals surface area (Å²) in [6.45, 7) is 1.88. The summed E-state index contributed by atoms with van der Waals surface area (Å²) in [5.41, 5.74) is -1.000. The van der Waals surface area contributed by atoms with Crippen molar-refractivity contribution in [2.45, 2.75) is 25.0 Å². The molecular weight excluding hydrogens is 273 g/mol. The van der Waals surface area contributed by atoms with E-state index in [-0.39, 0.29) is 29.5 Å². The molecule has 1 fully saturated rings. The van der Waals surface area contributed by atoms with Gasteiger partial charge in [-0.3, -0.25) is 4.79 Å². The summed E-state index contributed by atoms with van der Waals surface area (Å²) in [5.74, 6) is -0.886. The Hall–Kier alpha value is -1.17. The molecule has 4 nitrogen and oxygen atoms in total. The van der Waals surface area contributed by atoms with Crippen molar-refractivity contribution in [1.29, 1.82) is 0 Å². The summed E-state index contributed by atoms with van der Waals surface area (Å²) in [4.78, 5) is 13.6. The number of aliphatic hydroxyl groups is 2. The smallest absolute Gasteiger partial charge is 0.255 e. The topological polar surface area (TPSA) is 60.8 Å². The summed E-state index contributed by atoms with van der Waals surface area (Å²) >= 11 is 5.84. The minimum Gasteiger partial charge on any atom is -0.388 e. The lowest BCUT2D eigenvalue weighted by molar-refractivity contribution is -0.0999. The third kappa shape index (κ3) is 2.88. The first-order valence-electron chi connectivity index (χ1n) is 5.96. The summed E-state index contributed by atoms with van der Waals surface area (Å²) in [6, 6.07) is 3.56. The normalized spacial score (nSPS) is 27.4. The molecule has 1 aromatic carbocycles. The zero-order valence-electron chi connectivity index (χ0n) is 10.4. The second-order valence-corrected chi connectivity index (χ2v) is 5.41. The van der Waals surface area contributed by atoms with E-state index in [1.807, 2.05) is 0 Å². The minimum atomic E-state index is -1.19. The number of amides is 1. The number of hydrogen-bond donors (Lipinski definition) is 2. The number of piperidine rings is 1. The quantitative estimate of drug-likeness (QED) is 0.822. The van der Waals surface area contributed by atoms with Gasteiger partial charge in [0.2, 0.25) is 0 Å². The molecule has 1 saturated heterocycles. The third-order valence-corrected chi connectivity index (χ3v) is 3.76. The molecule has 0 radical (unpaired) electrons. The van der Waals surface area contributed by atoms with Crippen LogP contribution in [0.5, 0.6) is 0 Å². The van der Waals surface area contributed by atoms with Crippen molar-refractivity contribution in [1.82, 2.24) is 4.90 Å². The van der Waals surface area contributed by atoms with Gasteiger partial charge < -0.3 is 15.1 Å². The van der Waals surface area contributed by atoms with Gasteiger partial charge >= 0.3 is 0 Å². The van der Waals surface area contributed by atoms with Crippen LogP contribution in [0, 0.1) is 5.82 Å². The first-order chi connectivity index (χ1) is 8.81. The van der Waals surface area contributed by atoms with Crippen LogP contribution in [0.25, 0.3) is 0 Å². The van der Waals surface area contributed by atoms with Gasteiger partial charge in [-0.1, -0.05) is 11.6 Å². The zero-order chi connectivity index (χ0) is 14.2. The fourth-order valence-electron chi connectivity index (χ4n) is 2.04. The van der Waals surface area contributed by atoms with Crippen LogP contribution in [-0.2, 0) is 0 Å². The molecule has 2 N–H and O–H groups in total. The Morgan fingerprint density at radius 1 is 1.58 bits per heavy atom. The number of carbonyl (C=O) groups is 1. The molecule has 0 spiro atoms. The van der Waals surface area contributed by atoms with Crippen LogP contribution in [0.2, 0.25) is 5.02 Å². The lowest BCUT2D eigenvalue weighted by Crippen LogP contribution is -2.55. The molecule has 104 valence electrons. The first kappa shape index (κ1) is 14.2. The SMILES string of the molecule is C[C@]1(O)CCN(C(=O)c2ccc(F)cc2Cl)C[C@H]1O. The Labute approximate surface area is 115 Å². The molecule has 0 saturated carbocycles. The van der Waals surface area contributed by atoms with E-state index in [0.29, 0.717) is 6.54 Å². The average Bonchev–Trinajstić information content (AvgIpc) is 2.32. The van der Waals surface area contributed by atoms with Crippen LogP contribution >= 0.6 is 11.6 Å². The standard InChI is InChI=1S/C13H15ClFNO3/c1-13(19)4-5-16(7-11(13)17)12(18)9-3-2-8(15)6-10(9)14/h2-3,6,11,17,19H,4-5,7H2,1H3/t11-,13+/m1/s1. The summed E-state index contributed by atoms with van der Waals surface area (Å²) in [5, 5.41) is 19.7. The van der Waals surface area contributed by atoms with E-state index in [2.05, 4.69) is 0 Å². The molecule has 2 atom stereocenters. The first-order valence-corrected chi connectivity index (χ1v) is 6.34. The Bertz CT molecular complexity index is 507. The average molecular weight is 288 g/mol. The van der Waals surface area contributed by atoms with Gasteiger partial charge in [0.1, 0.15) is 5.82 Å². The van der Waals surface area contributed by atoms with E-state index < -0.39 is 17.5 Å². The van der Waals surface area contributed by atoms with Gasteiger partial charge in [0.25, 0.3) is 5.91 Å². The van der Waals surface area contributed by atoms with Crippen molar-refractivity contribution in [2.75, 3.05) is 13.1 Å². The lowest BCUT2D eigenvalue weighted by atomic mass is 9.90. The van der Waals surface area contributed by atoms with Crippen molar-refractivity contribution >= 4 is 17.5 Å². The highest BCUT2D eigenvalue weighted by Gasteiger charge is 2.38. The predicted octanol–water partition coefficient (Wildman–Crippen LogP) is 1.44. The maximum Gasteiger partial charge on any atom is 0.255 e. The number of carbonyl (C=O) groups excluding carboxylic acids is 1. The van der Waals surface area contributed by atoms with Crippen LogP contribution in [-0.4, -0.2) is 45.8 Å². The lowest BCUT2D eigenvalue weighted by Gasteiger charge is -2.40. The number of benzene rings is 1. The molecule has 1 aromatic rings. The maximum absolute atomic E-state index is 12.9. The van der Waals surface area contributed by atoms with E-state index >= 15 is 0 Å². The van der Waals surface area contributed by atoms with Crippen molar-refractivity contribution < 1.29 is 19.4 Å². The third-order valence-electron chi connectivity index (χ3n) is 3.45. The fourth-order valence-corrected chi connectivity index (χ4v) is 2.29. The van der Waals surface area contributed by atoms with E-state index in [1.165, 1.54) is 17.9 Å². The van der Waals surface area contributed by atoms with E-state index in [9.17, 15) is 19.4 Å². The number of halogens is 2. The van der Waals surface area contributed by atoms with Crippen LogP contribution < -0.4 is 0 Å². The molecular formula is C13H15ClFNO3. The van der Waals surface area contributed by atoms with Gasteiger partial charge in [0.05, 0.1) is 22.3 Å². The molecule has 0 unspecified atom stereocenters. The number of aliphatic hydroxyl groups excluding tert-OH is 1. The van der Waals surface area contributed by atoms with Crippen molar-refractivity contribution in [2.24, 2.45) is 0 Å². The Kier molecular flexibility index (Phi) is 3.80. The van der Waals surface area contributed by atoms with Crippen LogP contribution in [0.3, 0.4) is 0 Å². The molecule has 6 heteroatoms. The maximum atomic E-state index is 12.9. The monoisotopic (exact) mass is 287 g/mol. The van der Waals surface area contributed by atoms with E-state index in [4.69, 9.17) is 11.6 Å². The summed E-state index contributed by atoms with van der Waals surface area (Å²) < 4.78 is 12.9. The Morgan fingerprint density at radius 3 is 2.84 bits per heavy atom. The molecule has 1 heterocycles. The van der Waals surface area contributed by atoms with Crippen LogP contribution in [0.4, 0.5) is 4.39 Å². The van der Waals surface area contributed by atoms with Gasteiger partial charge in [-0.2, -0.15) is 0 Å². The predicted molar refractivity (Wildman–Crippen MR) is 68.6 cm³/mol. The summed E-state index contributed by atoms with van der Waals surface area (Å²) in [7, 11) is 0. The number of β-amino-alcohol motifs (C(OH)–C–C–N with tert-alkyl or cyclic N) is 1. The van der Waals surface area contributed by atoms with Crippen LogP contribution in [0.15, 0.2) is 18.2 Å². The molecule has 19 heavy (non-hydrogen) atoms. The van der Waals surface area contributed by atoms with Crippen LogP contribution in [0.1, 0.15) is 23.7 Å². The molecule has 1 amide bonds. The van der Waals surface area contributed by atoms with Gasteiger partial charge in [-0.05, 0) is 31.5 Å². The van der Waals surface area contributed by atoms with Gasteiger partial charge in [-0.15, -0.1) is 0 Å². The van der Waals surface area contributed by atoms with Gasteiger partial charge in [0.15, 0.2) is 0 Å². The van der Waals surface area contributed by atoms with Crippen molar-refractivity contribution in [3.8, 4) is 0 Å². The highest BCUT2D eigenvalue weighted by Crippen LogP contribution is 2.25. The summed E-state index contributed by atoms with van der Waals surface area (Å²) in [6.07, 6.45) is -0.733. The molecule has 0 aromatic heterocycles. The number of hydrogen-bond acceptors (Lipinski definition) is 3. The molecule has 0 bridgehead atoms. The zero-order valence-corrected chi connectivity index (χ0v) is 11.2. The fraction of sp³-hybridized carbons (Fsp3) is 0.462. The molecule has 1 aliphatic rings. The minimum absolute atomic E-state index is 0.0273. The number of nitrogens with zero attached hydrogens (tertiary/aromatic N) is 1. The number of rotatable bonds is 1. The van der Waals surface area contributed by atoms with Gasteiger partial charge in [-0.25, -0.2) is 4.39 Å². The molecule has 0 aliphatic carbocycles. The largest absolute Gasteiger partial charge is 0.388 e. The van der Waals surface area contributed by atoms with E-state index in [1.54, 1.807) is 0 Å². The van der Waals surface area contributed by atoms with E-state index in [0.717, 1.165) is 12.1 Å². The molecule has 1 aliphatic heterocycles. The highest BCUT2D eigenvalue weighted by atomic mass is 35.5. The molecule has 2 rings (SSSR count). The second-order valence-electron chi connectivity index (χ2n) is 5.00. The number of likely N-dealkylation sites (tertiary alicyclic amines) is 1. The van der Waals surface area contributed by atoms with Gasteiger partial charge in [0, 0.05) is 13.1 Å². The Morgan fingerprint density at radius 2 is 2.26 bits per heavy atom.